The molecule has 1 aromatic heterocycles. The van der Waals surface area contributed by atoms with Gasteiger partial charge >= 0.3 is 6.01 Å². The summed E-state index contributed by atoms with van der Waals surface area (Å²) in [4.78, 5) is 7.78. The molecule has 0 bridgehead atoms. The fourth-order valence-corrected chi connectivity index (χ4v) is 0.604. The van der Waals surface area contributed by atoms with Crippen LogP contribution in [0.2, 0.25) is 0 Å². The molecule has 1 N–H and O–H groups in total. The number of ether oxygens (including phenoxy) is 1. The van der Waals surface area contributed by atoms with Crippen LogP contribution in [0.25, 0.3) is 0 Å². The van der Waals surface area contributed by atoms with Crippen LogP contribution in [-0.2, 0) is 0 Å². The van der Waals surface area contributed by atoms with Gasteiger partial charge in [-0.1, -0.05) is 0 Å². The van der Waals surface area contributed by atoms with Crippen molar-refractivity contribution in [3.8, 4) is 6.01 Å². The third kappa shape index (κ3) is 2.95. The summed E-state index contributed by atoms with van der Waals surface area (Å²) >= 11 is 0. The summed E-state index contributed by atoms with van der Waals surface area (Å²) in [6.45, 7) is 1.40. The second-order valence-electron chi connectivity index (χ2n) is 1.98. The first-order valence-electron chi connectivity index (χ1n) is 3.48. The second-order valence-corrected chi connectivity index (χ2v) is 1.98. The van der Waals surface area contributed by atoms with Gasteiger partial charge in [-0.2, -0.15) is 0 Å². The molecule has 11 heavy (non-hydrogen) atoms. The zero-order valence-electron chi connectivity index (χ0n) is 6.45. The molecule has 0 amide bonds. The minimum absolute atomic E-state index is 0.433. The standard InChI is InChI=1S/C7H11N3O/c1-8-5-6-11-7-9-3-2-4-10-7/h2-4,8H,5-6H2,1H3. The molecule has 4 heteroatoms. The Morgan fingerprint density at radius 1 is 1.45 bits per heavy atom. The van der Waals surface area contributed by atoms with Crippen molar-refractivity contribution in [3.63, 3.8) is 0 Å². The van der Waals surface area contributed by atoms with Gasteiger partial charge in [0.05, 0.1) is 0 Å². The van der Waals surface area contributed by atoms with Crippen LogP contribution in [0.15, 0.2) is 18.5 Å². The van der Waals surface area contributed by atoms with E-state index in [2.05, 4.69) is 15.3 Å². The van der Waals surface area contributed by atoms with Gasteiger partial charge in [0.15, 0.2) is 0 Å². The number of rotatable bonds is 4. The number of hydrogen-bond acceptors (Lipinski definition) is 4. The Hall–Kier alpha value is -1.16. The molecule has 1 rings (SSSR count). The highest BCUT2D eigenvalue weighted by Crippen LogP contribution is 1.95. The summed E-state index contributed by atoms with van der Waals surface area (Å²) < 4.78 is 5.16. The summed E-state index contributed by atoms with van der Waals surface area (Å²) in [5, 5.41) is 2.96. The topological polar surface area (TPSA) is 47.0 Å². The van der Waals surface area contributed by atoms with Gasteiger partial charge in [0.2, 0.25) is 0 Å². The first-order chi connectivity index (χ1) is 5.43. The average Bonchev–Trinajstić information content (AvgIpc) is 2.07. The van der Waals surface area contributed by atoms with Crippen LogP contribution in [0.1, 0.15) is 0 Å². The molecule has 0 aromatic carbocycles. The number of hydrogen-bond donors (Lipinski definition) is 1. The van der Waals surface area contributed by atoms with E-state index in [1.807, 2.05) is 7.05 Å². The molecular weight excluding hydrogens is 142 g/mol. The Bertz CT molecular complexity index is 190. The highest BCUT2D eigenvalue weighted by molar-refractivity contribution is 4.92. The van der Waals surface area contributed by atoms with E-state index in [0.717, 1.165) is 6.54 Å². The second kappa shape index (κ2) is 4.62. The van der Waals surface area contributed by atoms with E-state index >= 15 is 0 Å². The summed E-state index contributed by atoms with van der Waals surface area (Å²) in [6.07, 6.45) is 3.31. The van der Waals surface area contributed by atoms with Crippen molar-refractivity contribution >= 4 is 0 Å². The summed E-state index contributed by atoms with van der Waals surface area (Å²) in [5.41, 5.74) is 0. The molecule has 4 nitrogen and oxygen atoms in total. The summed E-state index contributed by atoms with van der Waals surface area (Å²) in [5.74, 6) is 0. The van der Waals surface area contributed by atoms with Gasteiger partial charge in [0, 0.05) is 18.9 Å². The molecule has 1 heterocycles. The third-order valence-corrected chi connectivity index (χ3v) is 1.13. The van der Waals surface area contributed by atoms with Crippen molar-refractivity contribution in [1.29, 1.82) is 0 Å². The zero-order chi connectivity index (χ0) is 7.94. The smallest absolute Gasteiger partial charge is 0.316 e. The molecular formula is C7H11N3O. The van der Waals surface area contributed by atoms with Crippen molar-refractivity contribution in [1.82, 2.24) is 15.3 Å². The van der Waals surface area contributed by atoms with E-state index < -0.39 is 0 Å². The predicted molar refractivity (Wildman–Crippen MR) is 41.5 cm³/mol. The molecule has 1 aromatic rings. The quantitative estimate of drug-likeness (QED) is 0.622. The molecule has 0 aliphatic heterocycles. The lowest BCUT2D eigenvalue weighted by Gasteiger charge is -2.01. The number of aromatic nitrogens is 2. The Balaban J connectivity index is 2.28. The van der Waals surface area contributed by atoms with Gasteiger partial charge < -0.3 is 10.1 Å². The van der Waals surface area contributed by atoms with Crippen molar-refractivity contribution in [2.45, 2.75) is 0 Å². The fraction of sp³-hybridized carbons (Fsp3) is 0.429. The summed E-state index contributed by atoms with van der Waals surface area (Å²) in [7, 11) is 1.87. The summed E-state index contributed by atoms with van der Waals surface area (Å²) in [6, 6.07) is 2.19. The molecule has 60 valence electrons. The monoisotopic (exact) mass is 153 g/mol. The number of likely N-dealkylation sites (N-methyl/N-ethyl adjacent to an activating group) is 1. The third-order valence-electron chi connectivity index (χ3n) is 1.13. The van der Waals surface area contributed by atoms with Gasteiger partial charge in [-0.25, -0.2) is 9.97 Å². The molecule has 0 aliphatic rings. The van der Waals surface area contributed by atoms with Crippen LogP contribution >= 0.6 is 0 Å². The minimum Gasteiger partial charge on any atom is -0.462 e. The number of nitrogens with one attached hydrogen (secondary N) is 1. The lowest BCUT2D eigenvalue weighted by Crippen LogP contribution is -2.16. The molecule has 0 fully saturated rings. The van der Waals surface area contributed by atoms with E-state index in [4.69, 9.17) is 4.74 Å². The van der Waals surface area contributed by atoms with Gasteiger partial charge in [-0.05, 0) is 13.1 Å². The maximum atomic E-state index is 5.16. The van der Waals surface area contributed by atoms with Crippen molar-refractivity contribution in [3.05, 3.63) is 18.5 Å². The van der Waals surface area contributed by atoms with E-state index in [9.17, 15) is 0 Å². The lowest BCUT2D eigenvalue weighted by molar-refractivity contribution is 0.293. The minimum atomic E-state index is 0.433. The lowest BCUT2D eigenvalue weighted by atomic mass is 10.7. The fourth-order valence-electron chi connectivity index (χ4n) is 0.604. The average molecular weight is 153 g/mol. The number of nitrogens with zero attached hydrogens (tertiary/aromatic N) is 2. The molecule has 0 unspecified atom stereocenters. The zero-order valence-corrected chi connectivity index (χ0v) is 6.45. The van der Waals surface area contributed by atoms with E-state index in [1.165, 1.54) is 0 Å². The Labute approximate surface area is 65.6 Å². The molecule has 0 atom stereocenters. The first-order valence-corrected chi connectivity index (χ1v) is 3.48. The Morgan fingerprint density at radius 2 is 2.18 bits per heavy atom. The molecule has 0 saturated heterocycles. The van der Waals surface area contributed by atoms with Gasteiger partial charge in [-0.3, -0.25) is 0 Å². The van der Waals surface area contributed by atoms with Crippen LogP contribution < -0.4 is 10.1 Å². The molecule has 0 saturated carbocycles. The molecule has 0 radical (unpaired) electrons. The van der Waals surface area contributed by atoms with E-state index in [0.29, 0.717) is 12.6 Å². The normalized spacial score (nSPS) is 9.55. The van der Waals surface area contributed by atoms with Crippen molar-refractivity contribution in [2.24, 2.45) is 0 Å². The SMILES string of the molecule is CNCCOc1ncccn1. The van der Waals surface area contributed by atoms with Crippen LogP contribution in [0.4, 0.5) is 0 Å². The molecule has 0 spiro atoms. The van der Waals surface area contributed by atoms with Gasteiger partial charge in [0.25, 0.3) is 0 Å². The first kappa shape index (κ1) is 7.94. The largest absolute Gasteiger partial charge is 0.462 e. The van der Waals surface area contributed by atoms with Crippen LogP contribution in [0, 0.1) is 0 Å². The van der Waals surface area contributed by atoms with Crippen molar-refractivity contribution < 1.29 is 4.74 Å². The van der Waals surface area contributed by atoms with Crippen LogP contribution in [0.3, 0.4) is 0 Å². The van der Waals surface area contributed by atoms with E-state index in [1.54, 1.807) is 18.5 Å². The predicted octanol–water partition coefficient (Wildman–Crippen LogP) is 0.0748. The van der Waals surface area contributed by atoms with Crippen LogP contribution in [0.5, 0.6) is 6.01 Å². The van der Waals surface area contributed by atoms with Gasteiger partial charge in [-0.15, -0.1) is 0 Å². The maximum absolute atomic E-state index is 5.16. The van der Waals surface area contributed by atoms with E-state index in [-0.39, 0.29) is 0 Å². The van der Waals surface area contributed by atoms with Crippen LogP contribution in [-0.4, -0.2) is 30.2 Å². The molecule has 0 aliphatic carbocycles. The van der Waals surface area contributed by atoms with Crippen molar-refractivity contribution in [2.75, 3.05) is 20.2 Å². The van der Waals surface area contributed by atoms with Gasteiger partial charge in [0.1, 0.15) is 6.61 Å². The Morgan fingerprint density at radius 3 is 2.82 bits per heavy atom. The highest BCUT2D eigenvalue weighted by Gasteiger charge is 1.91. The highest BCUT2D eigenvalue weighted by atomic mass is 16.5. The Kier molecular flexibility index (Phi) is 3.34. The maximum Gasteiger partial charge on any atom is 0.316 e.